The summed E-state index contributed by atoms with van der Waals surface area (Å²) < 4.78 is 21.9. The zero-order valence-electron chi connectivity index (χ0n) is 6.91. The highest BCUT2D eigenvalue weighted by Crippen LogP contribution is 2.27. The monoisotopic (exact) mass is 220 g/mol. The van der Waals surface area contributed by atoms with Crippen LogP contribution in [-0.4, -0.2) is 8.42 Å². The van der Waals surface area contributed by atoms with E-state index in [1.54, 1.807) is 6.92 Å². The topological polar surface area (TPSA) is 86.2 Å². The van der Waals surface area contributed by atoms with Crippen molar-refractivity contribution in [1.82, 2.24) is 0 Å². The first-order valence-corrected chi connectivity index (χ1v) is 5.34. The number of rotatable bonds is 1. The first-order chi connectivity index (χ1) is 5.84. The zero-order valence-corrected chi connectivity index (χ0v) is 8.48. The van der Waals surface area contributed by atoms with Crippen LogP contribution >= 0.6 is 11.6 Å². The van der Waals surface area contributed by atoms with E-state index < -0.39 is 10.0 Å². The Kier molecular flexibility index (Phi) is 2.51. The molecule has 4 nitrogen and oxygen atoms in total. The van der Waals surface area contributed by atoms with Crippen molar-refractivity contribution in [2.45, 2.75) is 11.8 Å². The van der Waals surface area contributed by atoms with Gasteiger partial charge in [-0.2, -0.15) is 0 Å². The number of sulfonamides is 1. The lowest BCUT2D eigenvalue weighted by Crippen LogP contribution is -2.13. The van der Waals surface area contributed by atoms with E-state index in [2.05, 4.69) is 0 Å². The van der Waals surface area contributed by atoms with Crippen molar-refractivity contribution in [1.29, 1.82) is 0 Å². The molecule has 0 spiro atoms. The van der Waals surface area contributed by atoms with E-state index >= 15 is 0 Å². The summed E-state index contributed by atoms with van der Waals surface area (Å²) in [5.41, 5.74) is 6.48. The van der Waals surface area contributed by atoms with Gasteiger partial charge in [0.2, 0.25) is 10.0 Å². The van der Waals surface area contributed by atoms with Crippen LogP contribution < -0.4 is 10.9 Å². The second-order valence-electron chi connectivity index (χ2n) is 2.64. The maximum absolute atomic E-state index is 11.0. The van der Waals surface area contributed by atoms with Crippen LogP contribution in [0.5, 0.6) is 0 Å². The van der Waals surface area contributed by atoms with E-state index in [0.717, 1.165) is 0 Å². The Morgan fingerprint density at radius 3 is 2.38 bits per heavy atom. The van der Waals surface area contributed by atoms with Gasteiger partial charge in [0.25, 0.3) is 0 Å². The molecule has 0 aliphatic carbocycles. The Morgan fingerprint density at radius 1 is 1.38 bits per heavy atom. The second kappa shape index (κ2) is 3.17. The molecule has 0 bridgehead atoms. The van der Waals surface area contributed by atoms with Gasteiger partial charge in [0, 0.05) is 5.69 Å². The first-order valence-electron chi connectivity index (χ1n) is 3.41. The molecule has 0 saturated carbocycles. The fourth-order valence-corrected chi connectivity index (χ4v) is 2.05. The van der Waals surface area contributed by atoms with Crippen molar-refractivity contribution in [3.8, 4) is 0 Å². The summed E-state index contributed by atoms with van der Waals surface area (Å²) in [7, 11) is -3.76. The molecule has 72 valence electrons. The fourth-order valence-electron chi connectivity index (χ4n) is 0.895. The predicted octanol–water partition coefficient (Wildman–Crippen LogP) is 0.878. The maximum Gasteiger partial charge on any atom is 0.239 e. The molecule has 0 saturated heterocycles. The van der Waals surface area contributed by atoms with E-state index in [1.807, 2.05) is 0 Å². The van der Waals surface area contributed by atoms with Crippen LogP contribution in [0.15, 0.2) is 17.0 Å². The van der Waals surface area contributed by atoms with Gasteiger partial charge in [-0.1, -0.05) is 11.6 Å². The summed E-state index contributed by atoms with van der Waals surface area (Å²) in [6.45, 7) is 1.63. The van der Waals surface area contributed by atoms with Crippen LogP contribution in [0.25, 0.3) is 0 Å². The molecule has 0 fully saturated rings. The summed E-state index contributed by atoms with van der Waals surface area (Å²) in [6.07, 6.45) is 0. The number of primary sulfonamides is 1. The SMILES string of the molecule is Cc1c(N)ccc(S(N)(=O)=O)c1Cl. The van der Waals surface area contributed by atoms with Crippen LogP contribution in [0.4, 0.5) is 5.69 Å². The van der Waals surface area contributed by atoms with Crippen molar-refractivity contribution in [2.24, 2.45) is 5.14 Å². The van der Waals surface area contributed by atoms with Crippen molar-refractivity contribution < 1.29 is 8.42 Å². The minimum Gasteiger partial charge on any atom is -0.398 e. The third-order valence-corrected chi connectivity index (χ3v) is 3.25. The molecule has 0 aliphatic rings. The Bertz CT molecular complexity index is 442. The molecule has 1 aromatic carbocycles. The number of anilines is 1. The number of hydrogen-bond acceptors (Lipinski definition) is 3. The smallest absolute Gasteiger partial charge is 0.239 e. The van der Waals surface area contributed by atoms with E-state index in [-0.39, 0.29) is 9.92 Å². The maximum atomic E-state index is 11.0. The standard InChI is InChI=1S/C7H9ClN2O2S/c1-4-5(9)2-3-6(7(4)8)13(10,11)12/h2-3H,9H2,1H3,(H2,10,11,12). The molecule has 1 rings (SSSR count). The molecule has 6 heteroatoms. The number of nitrogens with two attached hydrogens (primary N) is 2. The van der Waals surface area contributed by atoms with Crippen LogP contribution in [0.3, 0.4) is 0 Å². The van der Waals surface area contributed by atoms with Gasteiger partial charge >= 0.3 is 0 Å². The highest BCUT2D eigenvalue weighted by atomic mass is 35.5. The van der Waals surface area contributed by atoms with E-state index in [4.69, 9.17) is 22.5 Å². The minimum absolute atomic E-state index is 0.0856. The van der Waals surface area contributed by atoms with Crippen molar-refractivity contribution in [3.05, 3.63) is 22.7 Å². The van der Waals surface area contributed by atoms with Gasteiger partial charge in [0.05, 0.1) is 5.02 Å². The molecule has 0 aliphatic heterocycles. The van der Waals surface area contributed by atoms with Gasteiger partial charge in [-0.15, -0.1) is 0 Å². The van der Waals surface area contributed by atoms with Gasteiger partial charge in [-0.3, -0.25) is 0 Å². The zero-order chi connectivity index (χ0) is 10.2. The molecule has 0 radical (unpaired) electrons. The fraction of sp³-hybridized carbons (Fsp3) is 0.143. The van der Waals surface area contributed by atoms with Gasteiger partial charge in [-0.05, 0) is 24.6 Å². The number of halogens is 1. The highest BCUT2D eigenvalue weighted by Gasteiger charge is 2.15. The normalized spacial score (nSPS) is 11.6. The third kappa shape index (κ3) is 1.93. The Hall–Kier alpha value is -0.780. The summed E-state index contributed by atoms with van der Waals surface area (Å²) in [4.78, 5) is -0.0964. The molecular weight excluding hydrogens is 212 g/mol. The largest absolute Gasteiger partial charge is 0.398 e. The van der Waals surface area contributed by atoms with Gasteiger partial charge in [-0.25, -0.2) is 13.6 Å². The average Bonchev–Trinajstić information content (AvgIpc) is 1.98. The van der Waals surface area contributed by atoms with Crippen LogP contribution in [0.2, 0.25) is 5.02 Å². The van der Waals surface area contributed by atoms with Crippen LogP contribution in [0.1, 0.15) is 5.56 Å². The first kappa shape index (κ1) is 10.3. The molecular formula is C7H9ClN2O2S. The number of hydrogen-bond donors (Lipinski definition) is 2. The lowest BCUT2D eigenvalue weighted by Gasteiger charge is -2.06. The molecule has 0 heterocycles. The quantitative estimate of drug-likeness (QED) is 0.689. The lowest BCUT2D eigenvalue weighted by atomic mass is 10.2. The van der Waals surface area contributed by atoms with Crippen LogP contribution in [0, 0.1) is 6.92 Å². The van der Waals surface area contributed by atoms with Gasteiger partial charge in [0.1, 0.15) is 4.90 Å². The highest BCUT2D eigenvalue weighted by molar-refractivity contribution is 7.89. The predicted molar refractivity (Wildman–Crippen MR) is 52.0 cm³/mol. The summed E-state index contributed by atoms with van der Waals surface area (Å²) in [5.74, 6) is 0. The molecule has 0 amide bonds. The Morgan fingerprint density at radius 2 is 1.92 bits per heavy atom. The summed E-state index contributed by atoms with van der Waals surface area (Å²) >= 11 is 5.74. The number of nitrogen functional groups attached to an aromatic ring is 1. The van der Waals surface area contributed by atoms with Crippen molar-refractivity contribution >= 4 is 27.3 Å². The van der Waals surface area contributed by atoms with Crippen molar-refractivity contribution in [3.63, 3.8) is 0 Å². The van der Waals surface area contributed by atoms with E-state index in [0.29, 0.717) is 11.3 Å². The molecule has 0 atom stereocenters. The number of benzene rings is 1. The molecule has 0 unspecified atom stereocenters. The molecule has 1 aromatic rings. The average molecular weight is 221 g/mol. The molecule has 0 aromatic heterocycles. The van der Waals surface area contributed by atoms with Crippen molar-refractivity contribution in [2.75, 3.05) is 5.73 Å². The summed E-state index contributed by atoms with van der Waals surface area (Å²) in [5, 5.41) is 5.01. The van der Waals surface area contributed by atoms with Crippen LogP contribution in [-0.2, 0) is 10.0 Å². The third-order valence-electron chi connectivity index (χ3n) is 1.70. The van der Waals surface area contributed by atoms with Gasteiger partial charge < -0.3 is 5.73 Å². The second-order valence-corrected chi connectivity index (χ2v) is 4.54. The Balaban J connectivity index is 3.53. The minimum atomic E-state index is -3.76. The van der Waals surface area contributed by atoms with E-state index in [1.165, 1.54) is 12.1 Å². The lowest BCUT2D eigenvalue weighted by molar-refractivity contribution is 0.598. The Labute approximate surface area is 81.5 Å². The van der Waals surface area contributed by atoms with E-state index in [9.17, 15) is 8.42 Å². The molecule has 13 heavy (non-hydrogen) atoms. The van der Waals surface area contributed by atoms with Gasteiger partial charge in [0.15, 0.2) is 0 Å². The molecule has 4 N–H and O–H groups in total. The summed E-state index contributed by atoms with van der Waals surface area (Å²) in [6, 6.07) is 2.75.